The lowest BCUT2D eigenvalue weighted by molar-refractivity contribution is -0.133. The van der Waals surface area contributed by atoms with Gasteiger partial charge in [-0.05, 0) is 30.5 Å². The first kappa shape index (κ1) is 14.9. The van der Waals surface area contributed by atoms with Crippen LogP contribution in [0.4, 0.5) is 0 Å². The monoisotopic (exact) mass is 278 g/mol. The summed E-state index contributed by atoms with van der Waals surface area (Å²) >= 11 is 0. The van der Waals surface area contributed by atoms with Crippen LogP contribution in [0.5, 0.6) is 0 Å². The molecule has 0 aromatic carbocycles. The summed E-state index contributed by atoms with van der Waals surface area (Å²) in [5.41, 5.74) is 1.02. The van der Waals surface area contributed by atoms with Gasteiger partial charge in [-0.15, -0.1) is 0 Å². The highest BCUT2D eigenvalue weighted by molar-refractivity contribution is 5.78. The largest absolute Gasteiger partial charge is 0.382 e. The predicted octanol–water partition coefficient (Wildman–Crippen LogP) is 1.28. The van der Waals surface area contributed by atoms with Crippen molar-refractivity contribution < 1.29 is 14.3 Å². The fraction of sp³-hybridized carbons (Fsp3) is 0.600. The molecule has 20 heavy (non-hydrogen) atoms. The Bertz CT molecular complexity index is 403. The quantitative estimate of drug-likeness (QED) is 0.736. The molecule has 0 aliphatic carbocycles. The zero-order valence-corrected chi connectivity index (χ0v) is 12.0. The molecule has 1 aromatic rings. The topological polar surface area (TPSA) is 51.7 Å². The third-order valence-electron chi connectivity index (χ3n) is 3.54. The molecule has 1 fully saturated rings. The SMILES string of the molecule is COCCOC1CCN(C(=O)Cc2ccncc2)CC1. The molecule has 0 N–H and O–H groups in total. The van der Waals surface area contributed by atoms with Crippen molar-refractivity contribution >= 4 is 5.91 Å². The molecular weight excluding hydrogens is 256 g/mol. The van der Waals surface area contributed by atoms with Gasteiger partial charge in [0, 0.05) is 32.6 Å². The molecule has 1 aliphatic heterocycles. The Balaban J connectivity index is 1.72. The number of rotatable bonds is 6. The standard InChI is InChI=1S/C15H22N2O3/c1-19-10-11-20-14-4-8-17(9-5-14)15(18)12-13-2-6-16-7-3-13/h2-3,6-7,14H,4-5,8-12H2,1H3. The van der Waals surface area contributed by atoms with Crippen LogP contribution < -0.4 is 0 Å². The number of nitrogens with zero attached hydrogens (tertiary/aromatic N) is 2. The van der Waals surface area contributed by atoms with Crippen LogP contribution in [0, 0.1) is 0 Å². The summed E-state index contributed by atoms with van der Waals surface area (Å²) in [5.74, 6) is 0.187. The summed E-state index contributed by atoms with van der Waals surface area (Å²) in [6, 6.07) is 3.77. The fourth-order valence-electron chi connectivity index (χ4n) is 2.36. The summed E-state index contributed by atoms with van der Waals surface area (Å²) in [4.78, 5) is 18.1. The maximum atomic E-state index is 12.2. The Morgan fingerprint density at radius 1 is 1.30 bits per heavy atom. The first-order valence-electron chi connectivity index (χ1n) is 7.07. The van der Waals surface area contributed by atoms with E-state index in [2.05, 4.69) is 4.98 Å². The zero-order valence-electron chi connectivity index (χ0n) is 12.0. The first-order chi connectivity index (χ1) is 9.79. The van der Waals surface area contributed by atoms with E-state index in [9.17, 15) is 4.79 Å². The van der Waals surface area contributed by atoms with E-state index in [0.717, 1.165) is 31.5 Å². The van der Waals surface area contributed by atoms with Gasteiger partial charge in [-0.3, -0.25) is 9.78 Å². The molecule has 0 spiro atoms. The number of aromatic nitrogens is 1. The van der Waals surface area contributed by atoms with E-state index < -0.39 is 0 Å². The molecule has 0 unspecified atom stereocenters. The van der Waals surface area contributed by atoms with Gasteiger partial charge in [0.2, 0.25) is 5.91 Å². The van der Waals surface area contributed by atoms with E-state index in [1.807, 2.05) is 17.0 Å². The molecule has 110 valence electrons. The maximum Gasteiger partial charge on any atom is 0.226 e. The average molecular weight is 278 g/mol. The van der Waals surface area contributed by atoms with Crippen LogP contribution >= 0.6 is 0 Å². The van der Waals surface area contributed by atoms with Gasteiger partial charge in [-0.2, -0.15) is 0 Å². The van der Waals surface area contributed by atoms with Crippen molar-refractivity contribution in [2.45, 2.75) is 25.4 Å². The van der Waals surface area contributed by atoms with Gasteiger partial charge in [-0.1, -0.05) is 0 Å². The van der Waals surface area contributed by atoms with Gasteiger partial charge in [0.05, 0.1) is 25.7 Å². The minimum atomic E-state index is 0.187. The molecule has 5 heteroatoms. The number of likely N-dealkylation sites (tertiary alicyclic amines) is 1. The lowest BCUT2D eigenvalue weighted by Gasteiger charge is -2.32. The molecule has 0 saturated carbocycles. The molecular formula is C15H22N2O3. The van der Waals surface area contributed by atoms with Crippen molar-refractivity contribution in [2.75, 3.05) is 33.4 Å². The van der Waals surface area contributed by atoms with E-state index in [-0.39, 0.29) is 12.0 Å². The van der Waals surface area contributed by atoms with E-state index in [1.54, 1.807) is 19.5 Å². The van der Waals surface area contributed by atoms with Crippen molar-refractivity contribution in [3.63, 3.8) is 0 Å². The van der Waals surface area contributed by atoms with Crippen molar-refractivity contribution in [3.05, 3.63) is 30.1 Å². The number of amides is 1. The summed E-state index contributed by atoms with van der Waals surface area (Å²) in [6.45, 7) is 2.82. The summed E-state index contributed by atoms with van der Waals surface area (Å²) in [6.07, 6.45) is 5.97. The van der Waals surface area contributed by atoms with Crippen LogP contribution in [0.2, 0.25) is 0 Å². The third-order valence-corrected chi connectivity index (χ3v) is 3.54. The number of hydrogen-bond acceptors (Lipinski definition) is 4. The van der Waals surface area contributed by atoms with Gasteiger partial charge in [0.25, 0.3) is 0 Å². The summed E-state index contributed by atoms with van der Waals surface area (Å²) in [7, 11) is 1.67. The number of pyridine rings is 1. The minimum Gasteiger partial charge on any atom is -0.382 e. The molecule has 1 aromatic heterocycles. The number of ether oxygens (including phenoxy) is 2. The normalized spacial score (nSPS) is 16.4. The molecule has 0 bridgehead atoms. The van der Waals surface area contributed by atoms with E-state index >= 15 is 0 Å². The lowest BCUT2D eigenvalue weighted by Crippen LogP contribution is -2.41. The van der Waals surface area contributed by atoms with Crippen molar-refractivity contribution in [1.82, 2.24) is 9.88 Å². The highest BCUT2D eigenvalue weighted by Crippen LogP contribution is 2.15. The van der Waals surface area contributed by atoms with Gasteiger partial charge in [-0.25, -0.2) is 0 Å². The molecule has 2 rings (SSSR count). The number of carbonyl (C=O) groups excluding carboxylic acids is 1. The third kappa shape index (κ3) is 4.58. The smallest absolute Gasteiger partial charge is 0.226 e. The van der Waals surface area contributed by atoms with Crippen LogP contribution in [0.3, 0.4) is 0 Å². The second-order valence-electron chi connectivity index (χ2n) is 4.98. The number of methoxy groups -OCH3 is 1. The zero-order chi connectivity index (χ0) is 14.2. The Labute approximate surface area is 119 Å². The van der Waals surface area contributed by atoms with E-state index in [0.29, 0.717) is 19.6 Å². The van der Waals surface area contributed by atoms with Gasteiger partial charge in [0.1, 0.15) is 0 Å². The van der Waals surface area contributed by atoms with E-state index in [4.69, 9.17) is 9.47 Å². The Morgan fingerprint density at radius 2 is 2.00 bits per heavy atom. The van der Waals surface area contributed by atoms with Gasteiger partial charge in [0.15, 0.2) is 0 Å². The fourth-order valence-corrected chi connectivity index (χ4v) is 2.36. The molecule has 0 atom stereocenters. The maximum absolute atomic E-state index is 12.2. The number of carbonyl (C=O) groups is 1. The van der Waals surface area contributed by atoms with E-state index in [1.165, 1.54) is 0 Å². The van der Waals surface area contributed by atoms with Crippen LogP contribution in [-0.4, -0.2) is 55.3 Å². The van der Waals surface area contributed by atoms with Crippen molar-refractivity contribution in [3.8, 4) is 0 Å². The number of piperidine rings is 1. The van der Waals surface area contributed by atoms with Crippen molar-refractivity contribution in [2.24, 2.45) is 0 Å². The highest BCUT2D eigenvalue weighted by Gasteiger charge is 2.23. The molecule has 0 radical (unpaired) electrons. The van der Waals surface area contributed by atoms with Crippen molar-refractivity contribution in [1.29, 1.82) is 0 Å². The molecule has 1 amide bonds. The molecule has 5 nitrogen and oxygen atoms in total. The molecule has 1 aliphatic rings. The van der Waals surface area contributed by atoms with Crippen LogP contribution in [-0.2, 0) is 20.7 Å². The molecule has 1 saturated heterocycles. The van der Waals surface area contributed by atoms with Gasteiger partial charge >= 0.3 is 0 Å². The Kier molecular flexibility index (Phi) is 5.95. The second kappa shape index (κ2) is 7.97. The highest BCUT2D eigenvalue weighted by atomic mass is 16.5. The van der Waals surface area contributed by atoms with Gasteiger partial charge < -0.3 is 14.4 Å². The Hall–Kier alpha value is -1.46. The lowest BCUT2D eigenvalue weighted by atomic mass is 10.1. The van der Waals surface area contributed by atoms with Crippen LogP contribution in [0.15, 0.2) is 24.5 Å². The number of hydrogen-bond donors (Lipinski definition) is 0. The Morgan fingerprint density at radius 3 is 2.65 bits per heavy atom. The summed E-state index contributed by atoms with van der Waals surface area (Å²) < 4.78 is 10.7. The average Bonchev–Trinajstić information content (AvgIpc) is 2.49. The second-order valence-corrected chi connectivity index (χ2v) is 4.98. The first-order valence-corrected chi connectivity index (χ1v) is 7.07. The van der Waals surface area contributed by atoms with Crippen LogP contribution in [0.1, 0.15) is 18.4 Å². The molecule has 2 heterocycles. The predicted molar refractivity (Wildman–Crippen MR) is 75.4 cm³/mol. The van der Waals surface area contributed by atoms with Crippen LogP contribution in [0.25, 0.3) is 0 Å². The summed E-state index contributed by atoms with van der Waals surface area (Å²) in [5, 5.41) is 0. The minimum absolute atomic E-state index is 0.187.